The summed E-state index contributed by atoms with van der Waals surface area (Å²) in [5.41, 5.74) is 1.33. The Hall–Kier alpha value is -2.84. The van der Waals surface area contributed by atoms with Gasteiger partial charge in [-0.05, 0) is 60.4 Å². The van der Waals surface area contributed by atoms with E-state index in [2.05, 4.69) is 35.1 Å². The van der Waals surface area contributed by atoms with Crippen LogP contribution in [0, 0.1) is 5.92 Å². The van der Waals surface area contributed by atoms with E-state index in [4.69, 9.17) is 4.74 Å². The van der Waals surface area contributed by atoms with E-state index in [1.54, 1.807) is 49.6 Å². The Bertz CT molecular complexity index is 1200. The number of hydrogen-bond donors (Lipinski definition) is 1. The predicted octanol–water partition coefficient (Wildman–Crippen LogP) is 5.56. The number of benzene rings is 3. The molecular weight excluding hydrogens is 516 g/mol. The Balaban J connectivity index is 1.90. The minimum atomic E-state index is -3.96. The lowest BCUT2D eigenvalue weighted by Gasteiger charge is -2.27. The Morgan fingerprint density at radius 2 is 1.68 bits per heavy atom. The Morgan fingerprint density at radius 1 is 1.00 bits per heavy atom. The highest BCUT2D eigenvalue weighted by Crippen LogP contribution is 2.27. The van der Waals surface area contributed by atoms with Crippen molar-refractivity contribution in [1.82, 2.24) is 5.32 Å². The van der Waals surface area contributed by atoms with E-state index in [-0.39, 0.29) is 23.4 Å². The van der Waals surface area contributed by atoms with Crippen LogP contribution in [0.1, 0.15) is 31.9 Å². The molecule has 0 saturated heterocycles. The van der Waals surface area contributed by atoms with Gasteiger partial charge in [-0.2, -0.15) is 0 Å². The van der Waals surface area contributed by atoms with Crippen LogP contribution in [0.25, 0.3) is 0 Å². The number of rotatable bonds is 10. The topological polar surface area (TPSA) is 75.7 Å². The number of ether oxygens (including phenoxy) is 1. The molecule has 1 atom stereocenters. The van der Waals surface area contributed by atoms with Gasteiger partial charge in [0.25, 0.3) is 10.0 Å². The minimum Gasteiger partial charge on any atom is -0.497 e. The van der Waals surface area contributed by atoms with Crippen LogP contribution >= 0.6 is 15.9 Å². The molecule has 3 aromatic carbocycles. The van der Waals surface area contributed by atoms with Gasteiger partial charge >= 0.3 is 0 Å². The molecule has 0 bridgehead atoms. The first-order valence-corrected chi connectivity index (χ1v) is 13.2. The van der Waals surface area contributed by atoms with Crippen LogP contribution in [0.3, 0.4) is 0 Å². The maximum absolute atomic E-state index is 13.5. The van der Waals surface area contributed by atoms with Crippen molar-refractivity contribution in [3.63, 3.8) is 0 Å². The molecule has 0 saturated carbocycles. The van der Waals surface area contributed by atoms with Crippen molar-refractivity contribution in [2.24, 2.45) is 5.92 Å². The van der Waals surface area contributed by atoms with Gasteiger partial charge in [-0.1, -0.05) is 66.2 Å². The molecule has 0 aromatic heterocycles. The third kappa shape index (κ3) is 6.61. The third-order valence-corrected chi connectivity index (χ3v) is 7.56. The molecule has 1 amide bonds. The summed E-state index contributed by atoms with van der Waals surface area (Å²) in [6.45, 7) is 3.81. The van der Waals surface area contributed by atoms with Gasteiger partial charge in [0, 0.05) is 4.47 Å². The number of halogens is 1. The van der Waals surface area contributed by atoms with Gasteiger partial charge in [0.05, 0.1) is 23.7 Å². The number of methoxy groups -OCH3 is 1. The second kappa shape index (κ2) is 11.5. The molecule has 0 aliphatic heterocycles. The van der Waals surface area contributed by atoms with E-state index in [1.165, 1.54) is 12.1 Å². The SMILES string of the molecule is COc1ccc(C(CC(C)C)NC(=O)CN(c2cccc(Br)c2)S(=O)(=O)c2ccccc2)cc1. The number of amides is 1. The molecule has 1 unspecified atom stereocenters. The monoisotopic (exact) mass is 544 g/mol. The first-order chi connectivity index (χ1) is 16.2. The van der Waals surface area contributed by atoms with Crippen LogP contribution in [0.4, 0.5) is 5.69 Å². The molecule has 180 valence electrons. The lowest BCUT2D eigenvalue weighted by atomic mass is 9.97. The summed E-state index contributed by atoms with van der Waals surface area (Å²) in [5, 5.41) is 3.04. The maximum atomic E-state index is 13.5. The second-order valence-electron chi connectivity index (χ2n) is 8.33. The highest BCUT2D eigenvalue weighted by atomic mass is 79.9. The number of carbonyl (C=O) groups is 1. The van der Waals surface area contributed by atoms with Gasteiger partial charge in [0.1, 0.15) is 12.3 Å². The Labute approximate surface area is 210 Å². The fourth-order valence-electron chi connectivity index (χ4n) is 3.62. The third-order valence-electron chi connectivity index (χ3n) is 5.28. The van der Waals surface area contributed by atoms with Crippen molar-refractivity contribution < 1.29 is 17.9 Å². The van der Waals surface area contributed by atoms with E-state index in [0.29, 0.717) is 18.0 Å². The number of nitrogens with one attached hydrogen (secondary N) is 1. The van der Waals surface area contributed by atoms with Crippen LogP contribution in [0.2, 0.25) is 0 Å². The standard InChI is InChI=1S/C26H29BrN2O4S/c1-19(2)16-25(20-12-14-23(33-3)15-13-20)28-26(30)18-29(22-9-7-8-21(27)17-22)34(31,32)24-10-5-4-6-11-24/h4-15,17,19,25H,16,18H2,1-3H3,(H,28,30). The Kier molecular flexibility index (Phi) is 8.74. The fourth-order valence-corrected chi connectivity index (χ4v) is 5.44. The van der Waals surface area contributed by atoms with Crippen molar-refractivity contribution in [3.05, 3.63) is 88.9 Å². The van der Waals surface area contributed by atoms with E-state index < -0.39 is 10.0 Å². The zero-order valence-electron chi connectivity index (χ0n) is 19.4. The van der Waals surface area contributed by atoms with E-state index in [0.717, 1.165) is 20.1 Å². The van der Waals surface area contributed by atoms with Crippen molar-refractivity contribution in [3.8, 4) is 5.75 Å². The van der Waals surface area contributed by atoms with E-state index in [9.17, 15) is 13.2 Å². The summed E-state index contributed by atoms with van der Waals surface area (Å²) in [6.07, 6.45) is 0.709. The average molecular weight is 545 g/mol. The molecule has 0 heterocycles. The molecule has 0 fully saturated rings. The van der Waals surface area contributed by atoms with E-state index in [1.807, 2.05) is 24.3 Å². The molecule has 0 aliphatic carbocycles. The molecule has 0 radical (unpaired) electrons. The number of sulfonamides is 1. The van der Waals surface area contributed by atoms with Crippen molar-refractivity contribution in [1.29, 1.82) is 0 Å². The number of nitrogens with zero attached hydrogens (tertiary/aromatic N) is 1. The summed E-state index contributed by atoms with van der Waals surface area (Å²) in [4.78, 5) is 13.3. The number of hydrogen-bond acceptors (Lipinski definition) is 4. The second-order valence-corrected chi connectivity index (χ2v) is 11.1. The molecule has 8 heteroatoms. The predicted molar refractivity (Wildman–Crippen MR) is 138 cm³/mol. The van der Waals surface area contributed by atoms with Crippen LogP contribution < -0.4 is 14.4 Å². The minimum absolute atomic E-state index is 0.122. The molecule has 6 nitrogen and oxygen atoms in total. The number of carbonyl (C=O) groups excluding carboxylic acids is 1. The van der Waals surface area contributed by atoms with Gasteiger partial charge < -0.3 is 10.1 Å². The zero-order chi connectivity index (χ0) is 24.7. The first kappa shape index (κ1) is 25.8. The highest BCUT2D eigenvalue weighted by molar-refractivity contribution is 9.10. The maximum Gasteiger partial charge on any atom is 0.264 e. The molecule has 1 N–H and O–H groups in total. The van der Waals surface area contributed by atoms with Crippen molar-refractivity contribution in [2.45, 2.75) is 31.2 Å². The summed E-state index contributed by atoms with van der Waals surface area (Å²) >= 11 is 3.40. The lowest BCUT2D eigenvalue weighted by Crippen LogP contribution is -2.42. The molecular formula is C26H29BrN2O4S. The zero-order valence-corrected chi connectivity index (χ0v) is 21.8. The van der Waals surface area contributed by atoms with Crippen LogP contribution in [0.15, 0.2) is 88.2 Å². The van der Waals surface area contributed by atoms with Crippen LogP contribution in [0.5, 0.6) is 5.75 Å². The van der Waals surface area contributed by atoms with Gasteiger partial charge in [-0.15, -0.1) is 0 Å². The molecule has 34 heavy (non-hydrogen) atoms. The van der Waals surface area contributed by atoms with Gasteiger partial charge in [0.15, 0.2) is 0 Å². The normalized spacial score (nSPS) is 12.3. The van der Waals surface area contributed by atoms with Crippen LogP contribution in [-0.2, 0) is 14.8 Å². The Morgan fingerprint density at radius 3 is 2.26 bits per heavy atom. The number of anilines is 1. The smallest absolute Gasteiger partial charge is 0.264 e. The van der Waals surface area contributed by atoms with Crippen molar-refractivity contribution >= 4 is 37.5 Å². The van der Waals surface area contributed by atoms with Gasteiger partial charge in [-0.3, -0.25) is 9.10 Å². The molecule has 3 aromatic rings. The average Bonchev–Trinajstić information content (AvgIpc) is 2.82. The largest absolute Gasteiger partial charge is 0.497 e. The first-order valence-electron chi connectivity index (χ1n) is 11.0. The van der Waals surface area contributed by atoms with Gasteiger partial charge in [0.2, 0.25) is 5.91 Å². The van der Waals surface area contributed by atoms with Gasteiger partial charge in [-0.25, -0.2) is 8.42 Å². The summed E-state index contributed by atoms with van der Waals surface area (Å²) in [6, 6.07) is 22.3. The van der Waals surface area contributed by atoms with Crippen molar-refractivity contribution in [2.75, 3.05) is 18.0 Å². The summed E-state index contributed by atoms with van der Waals surface area (Å²) in [5.74, 6) is 0.663. The van der Waals surface area contributed by atoms with Crippen LogP contribution in [-0.4, -0.2) is 28.0 Å². The molecule has 3 rings (SSSR count). The molecule has 0 spiro atoms. The highest BCUT2D eigenvalue weighted by Gasteiger charge is 2.28. The molecule has 0 aliphatic rings. The quantitative estimate of drug-likeness (QED) is 0.362. The van der Waals surface area contributed by atoms with E-state index >= 15 is 0 Å². The lowest BCUT2D eigenvalue weighted by molar-refractivity contribution is -0.120. The summed E-state index contributed by atoms with van der Waals surface area (Å²) in [7, 11) is -2.36. The fraction of sp³-hybridized carbons (Fsp3) is 0.269. The summed E-state index contributed by atoms with van der Waals surface area (Å²) < 4.78 is 34.1.